The molecule has 0 unspecified atom stereocenters. The van der Waals surface area contributed by atoms with Gasteiger partial charge in [-0.15, -0.1) is 0 Å². The second-order valence-corrected chi connectivity index (χ2v) is 6.03. The van der Waals surface area contributed by atoms with Crippen LogP contribution in [-0.2, 0) is 25.1 Å². The van der Waals surface area contributed by atoms with Crippen LogP contribution in [0.25, 0.3) is 0 Å². The molecule has 0 saturated carbocycles. The van der Waals surface area contributed by atoms with Crippen LogP contribution in [0.2, 0.25) is 0 Å². The van der Waals surface area contributed by atoms with Gasteiger partial charge in [0.25, 0.3) is 0 Å². The van der Waals surface area contributed by atoms with E-state index in [1.54, 1.807) is 11.8 Å². The molecule has 2 heterocycles. The molecule has 0 radical (unpaired) electrons. The number of amides is 2. The van der Waals surface area contributed by atoms with Crippen molar-refractivity contribution < 1.29 is 9.53 Å². The average molecular weight is 318 g/mol. The van der Waals surface area contributed by atoms with Gasteiger partial charge in [-0.25, -0.2) is 4.79 Å². The summed E-state index contributed by atoms with van der Waals surface area (Å²) in [4.78, 5) is 12.1. The molecule has 1 aromatic carbocycles. The molecule has 0 aliphatic carbocycles. The molecule has 1 aliphatic heterocycles. The topological polar surface area (TPSA) is 68.2 Å². The number of benzene rings is 1. The monoisotopic (exact) mass is 318 g/mol. The van der Waals surface area contributed by atoms with Crippen molar-refractivity contribution in [2.75, 3.05) is 12.4 Å². The molecular formula is C15H18N4O2S. The highest BCUT2D eigenvalue weighted by molar-refractivity contribution is 7.98. The van der Waals surface area contributed by atoms with Gasteiger partial charge in [-0.3, -0.25) is 10.00 Å². The molecule has 1 aromatic heterocycles. The van der Waals surface area contributed by atoms with Crippen molar-refractivity contribution in [2.45, 2.75) is 18.1 Å². The number of urea groups is 1. The first-order valence-electron chi connectivity index (χ1n) is 6.97. The fraction of sp³-hybridized carbons (Fsp3) is 0.333. The number of rotatable bonds is 4. The molecule has 2 amide bonds. The first-order chi connectivity index (χ1) is 10.7. The first kappa shape index (κ1) is 14.8. The van der Waals surface area contributed by atoms with E-state index >= 15 is 0 Å². The third-order valence-electron chi connectivity index (χ3n) is 3.56. The fourth-order valence-corrected chi connectivity index (χ4v) is 3.41. The Kier molecular flexibility index (Phi) is 4.24. The lowest BCUT2D eigenvalue weighted by Gasteiger charge is -2.09. The van der Waals surface area contributed by atoms with Gasteiger partial charge in [-0.2, -0.15) is 16.9 Å². The van der Waals surface area contributed by atoms with Crippen LogP contribution in [0.4, 0.5) is 10.6 Å². The van der Waals surface area contributed by atoms with Crippen LogP contribution < -0.4 is 15.4 Å². The molecule has 0 atom stereocenters. The maximum absolute atomic E-state index is 12.1. The van der Waals surface area contributed by atoms with E-state index in [9.17, 15) is 4.79 Å². The Morgan fingerprint density at radius 1 is 1.36 bits per heavy atom. The van der Waals surface area contributed by atoms with E-state index in [1.807, 2.05) is 43.1 Å². The first-order valence-corrected chi connectivity index (χ1v) is 8.13. The van der Waals surface area contributed by atoms with Crippen molar-refractivity contribution in [3.05, 3.63) is 41.1 Å². The van der Waals surface area contributed by atoms with Gasteiger partial charge in [0.05, 0.1) is 12.8 Å². The fourth-order valence-electron chi connectivity index (χ4n) is 2.37. The smallest absolute Gasteiger partial charge is 0.320 e. The zero-order valence-electron chi connectivity index (χ0n) is 12.5. The van der Waals surface area contributed by atoms with Crippen molar-refractivity contribution >= 4 is 23.6 Å². The molecule has 22 heavy (non-hydrogen) atoms. The number of aryl methyl sites for hydroxylation is 1. The van der Waals surface area contributed by atoms with Crippen molar-refractivity contribution in [3.8, 4) is 5.75 Å². The van der Waals surface area contributed by atoms with Crippen LogP contribution in [0, 0.1) is 0 Å². The zero-order valence-corrected chi connectivity index (χ0v) is 13.4. The standard InChI is InChI=1S/C15H18N4O2S/c1-19-14(12-8-22-9-13(12)18-19)17-15(20)16-7-10-3-5-11(21-2)6-4-10/h3-6H,7-9H2,1-2H3,(H2,16,17,20). The van der Waals surface area contributed by atoms with Gasteiger partial charge in [0, 0.05) is 30.7 Å². The lowest BCUT2D eigenvalue weighted by Crippen LogP contribution is -2.29. The Morgan fingerprint density at radius 3 is 2.86 bits per heavy atom. The molecule has 3 rings (SSSR count). The Balaban J connectivity index is 1.58. The molecule has 0 spiro atoms. The van der Waals surface area contributed by atoms with Crippen molar-refractivity contribution in [3.63, 3.8) is 0 Å². The maximum Gasteiger partial charge on any atom is 0.320 e. The van der Waals surface area contributed by atoms with Crippen molar-refractivity contribution in [1.29, 1.82) is 0 Å². The number of carbonyl (C=O) groups excluding carboxylic acids is 1. The summed E-state index contributed by atoms with van der Waals surface area (Å²) in [6.07, 6.45) is 0. The molecule has 1 aliphatic rings. The summed E-state index contributed by atoms with van der Waals surface area (Å²) in [6, 6.07) is 7.38. The van der Waals surface area contributed by atoms with Gasteiger partial charge >= 0.3 is 6.03 Å². The summed E-state index contributed by atoms with van der Waals surface area (Å²) in [6.45, 7) is 0.463. The number of nitrogens with zero attached hydrogens (tertiary/aromatic N) is 2. The second-order valence-electron chi connectivity index (χ2n) is 5.05. The number of carbonyl (C=O) groups is 1. The largest absolute Gasteiger partial charge is 0.497 e. The molecule has 116 valence electrons. The predicted molar refractivity (Wildman–Crippen MR) is 87.1 cm³/mol. The van der Waals surface area contributed by atoms with Gasteiger partial charge < -0.3 is 10.1 Å². The van der Waals surface area contributed by atoms with E-state index in [4.69, 9.17) is 4.74 Å². The van der Waals surface area contributed by atoms with Crippen LogP contribution >= 0.6 is 11.8 Å². The van der Waals surface area contributed by atoms with E-state index in [2.05, 4.69) is 15.7 Å². The van der Waals surface area contributed by atoms with Crippen LogP contribution in [0.3, 0.4) is 0 Å². The molecule has 2 aromatic rings. The molecule has 6 nitrogen and oxygen atoms in total. The molecule has 2 N–H and O–H groups in total. The van der Waals surface area contributed by atoms with Gasteiger partial charge in [0.1, 0.15) is 11.6 Å². The highest BCUT2D eigenvalue weighted by Gasteiger charge is 2.22. The lowest BCUT2D eigenvalue weighted by atomic mass is 10.2. The number of thioether (sulfide) groups is 1. The van der Waals surface area contributed by atoms with E-state index in [0.29, 0.717) is 6.54 Å². The van der Waals surface area contributed by atoms with Crippen LogP contribution in [0.5, 0.6) is 5.75 Å². The minimum Gasteiger partial charge on any atom is -0.497 e. The maximum atomic E-state index is 12.1. The number of anilines is 1. The quantitative estimate of drug-likeness (QED) is 0.909. The number of aromatic nitrogens is 2. The Morgan fingerprint density at radius 2 is 2.14 bits per heavy atom. The van der Waals surface area contributed by atoms with Crippen LogP contribution in [0.15, 0.2) is 24.3 Å². The number of ether oxygens (including phenoxy) is 1. The van der Waals surface area contributed by atoms with Crippen molar-refractivity contribution in [2.24, 2.45) is 7.05 Å². The highest BCUT2D eigenvalue weighted by atomic mass is 32.2. The summed E-state index contributed by atoms with van der Waals surface area (Å²) >= 11 is 1.81. The third-order valence-corrected chi connectivity index (χ3v) is 4.53. The average Bonchev–Trinajstić information content (AvgIpc) is 3.09. The number of methoxy groups -OCH3 is 1. The normalized spacial score (nSPS) is 12.8. The summed E-state index contributed by atoms with van der Waals surface area (Å²) in [5, 5.41) is 10.2. The number of fused-ring (bicyclic) bond motifs is 1. The number of hydrogen-bond donors (Lipinski definition) is 2. The Bertz CT molecular complexity index is 682. The summed E-state index contributed by atoms with van der Waals surface area (Å²) in [5.74, 6) is 3.40. The SMILES string of the molecule is COc1ccc(CNC(=O)Nc2c3c(nn2C)CSC3)cc1. The molecule has 0 saturated heterocycles. The molecule has 7 heteroatoms. The Hall–Kier alpha value is -2.15. The second kappa shape index (κ2) is 6.31. The summed E-state index contributed by atoms with van der Waals surface area (Å²) in [5.41, 5.74) is 3.21. The Labute approximate surface area is 133 Å². The summed E-state index contributed by atoms with van der Waals surface area (Å²) in [7, 11) is 3.48. The molecule has 0 bridgehead atoms. The van der Waals surface area contributed by atoms with Crippen LogP contribution in [-0.4, -0.2) is 22.9 Å². The van der Waals surface area contributed by atoms with Gasteiger partial charge in [0.15, 0.2) is 0 Å². The molecular weight excluding hydrogens is 300 g/mol. The van der Waals surface area contributed by atoms with Gasteiger partial charge in [0.2, 0.25) is 0 Å². The minimum atomic E-state index is -0.224. The highest BCUT2D eigenvalue weighted by Crippen LogP contribution is 2.34. The zero-order chi connectivity index (χ0) is 15.5. The number of nitrogens with one attached hydrogen (secondary N) is 2. The van der Waals surface area contributed by atoms with E-state index in [0.717, 1.165) is 39.9 Å². The van der Waals surface area contributed by atoms with E-state index < -0.39 is 0 Å². The lowest BCUT2D eigenvalue weighted by molar-refractivity contribution is 0.251. The molecule has 0 fully saturated rings. The summed E-state index contributed by atoms with van der Waals surface area (Å²) < 4.78 is 6.84. The minimum absolute atomic E-state index is 0.224. The van der Waals surface area contributed by atoms with Gasteiger partial charge in [-0.1, -0.05) is 12.1 Å². The van der Waals surface area contributed by atoms with E-state index in [-0.39, 0.29) is 6.03 Å². The predicted octanol–water partition coefficient (Wildman–Crippen LogP) is 2.50. The van der Waals surface area contributed by atoms with Crippen molar-refractivity contribution in [1.82, 2.24) is 15.1 Å². The van der Waals surface area contributed by atoms with Gasteiger partial charge in [-0.05, 0) is 17.7 Å². The number of hydrogen-bond acceptors (Lipinski definition) is 4. The van der Waals surface area contributed by atoms with Crippen LogP contribution in [0.1, 0.15) is 16.8 Å². The van der Waals surface area contributed by atoms with E-state index in [1.165, 1.54) is 0 Å². The third kappa shape index (κ3) is 3.04.